The van der Waals surface area contributed by atoms with Crippen molar-refractivity contribution >= 4 is 47.9 Å². The second kappa shape index (κ2) is 31.8. The average molecular weight is 1000 g/mol. The van der Waals surface area contributed by atoms with Gasteiger partial charge in [0.2, 0.25) is 0 Å². The van der Waals surface area contributed by atoms with Crippen LogP contribution in [0.2, 0.25) is 0 Å². The van der Waals surface area contributed by atoms with Crippen LogP contribution in [0.15, 0.2) is 133 Å². The predicted molar refractivity (Wildman–Crippen MR) is 307 cm³/mol. The number of hydrogen-bond acceptors (Lipinski definition) is 8. The van der Waals surface area contributed by atoms with Crippen LogP contribution in [0.1, 0.15) is 152 Å². The normalized spacial score (nSPS) is 10.5. The number of methoxy groups -OCH3 is 2. The highest BCUT2D eigenvalue weighted by atomic mass is 16.5. The summed E-state index contributed by atoms with van der Waals surface area (Å²) >= 11 is 0. The van der Waals surface area contributed by atoms with Gasteiger partial charge in [-0.2, -0.15) is 0 Å². The number of ketones is 4. The Labute approximate surface area is 443 Å². The topological polar surface area (TPSA) is 121 Å². The van der Waals surface area contributed by atoms with Crippen LogP contribution in [0.5, 0.6) is 11.5 Å². The zero-order valence-corrected chi connectivity index (χ0v) is 47.3. The summed E-state index contributed by atoms with van der Waals surface area (Å²) < 4.78 is 10.2. The number of ether oxygens (including phenoxy) is 2. The Hall–Kier alpha value is -7.58. The van der Waals surface area contributed by atoms with E-state index in [9.17, 15) is 28.8 Å². The van der Waals surface area contributed by atoms with Gasteiger partial charge in [-0.1, -0.05) is 162 Å². The van der Waals surface area contributed by atoms with Gasteiger partial charge in [0.1, 0.15) is 23.6 Å². The van der Waals surface area contributed by atoms with Crippen LogP contribution in [0.4, 0.5) is 0 Å². The van der Waals surface area contributed by atoms with Gasteiger partial charge in [-0.25, -0.2) is 0 Å². The molecule has 8 heteroatoms. The van der Waals surface area contributed by atoms with Crippen molar-refractivity contribution in [3.05, 3.63) is 211 Å². The number of carbonyl (C=O) groups excluding carboxylic acids is 6. The van der Waals surface area contributed by atoms with E-state index in [-0.39, 0.29) is 34.0 Å². The molecule has 8 nitrogen and oxygen atoms in total. The van der Waals surface area contributed by atoms with E-state index < -0.39 is 0 Å². The first-order chi connectivity index (χ1) is 34.6. The molecule has 6 rings (SSSR count). The maximum absolute atomic E-state index is 12.3. The van der Waals surface area contributed by atoms with Crippen LogP contribution >= 0.6 is 0 Å². The quantitative estimate of drug-likeness (QED) is 0.0756. The molecule has 0 amide bonds. The average Bonchev–Trinajstić information content (AvgIpc) is 3.33. The maximum Gasteiger partial charge on any atom is 0.189 e. The standard InChI is InChI=1S/C19H20O2.C14H18O.C10H12O.C9H10O2.C8H8O.C6H12O/c1-13-11-14(2)16(15(3)12-13)9-10-18(20)17-7-5-6-8-19(17)21-4;1-11-7-5-6-8-12(11)9-10-13(15)14(2,3)4;1-7-4-8(2)10(6-11)9(3)5-7;1-7(10)8-5-3-4-6-9(8)11-2;1-7-4-2-3-5-8(7)6-9;1-5(7)6(2,3)4/h5-12H,1-4H3;5-10H,1-4H3;4-6H,1-3H3;3-6H,1-2H3;2-6H,1H3;1-4H3/b2*10-9+;;;;. The molecule has 6 aromatic rings. The highest BCUT2D eigenvalue weighted by Crippen LogP contribution is 2.22. The number of benzene rings is 6. The molecule has 74 heavy (non-hydrogen) atoms. The summed E-state index contributed by atoms with van der Waals surface area (Å²) in [6, 6.07) is 38.3. The van der Waals surface area contributed by atoms with Crippen LogP contribution in [0.25, 0.3) is 12.2 Å². The van der Waals surface area contributed by atoms with Crippen LogP contribution in [0.3, 0.4) is 0 Å². The van der Waals surface area contributed by atoms with Crippen LogP contribution in [0, 0.1) is 66.2 Å². The number of aldehydes is 2. The molecule has 0 aliphatic heterocycles. The van der Waals surface area contributed by atoms with Crippen molar-refractivity contribution in [1.29, 1.82) is 0 Å². The number of Topliss-reactive ketones (excluding diaryl/α,β-unsaturated/α-hetero) is 2. The Morgan fingerprint density at radius 1 is 0.432 bits per heavy atom. The maximum atomic E-state index is 12.3. The van der Waals surface area contributed by atoms with Gasteiger partial charge in [0.15, 0.2) is 23.6 Å². The van der Waals surface area contributed by atoms with Crippen LogP contribution < -0.4 is 9.47 Å². The smallest absolute Gasteiger partial charge is 0.189 e. The summed E-state index contributed by atoms with van der Waals surface area (Å²) in [6.07, 6.45) is 8.85. The third-order valence-electron chi connectivity index (χ3n) is 11.6. The Morgan fingerprint density at radius 3 is 1.16 bits per heavy atom. The van der Waals surface area contributed by atoms with E-state index in [2.05, 4.69) is 32.9 Å². The van der Waals surface area contributed by atoms with Crippen LogP contribution in [-0.2, 0) is 9.59 Å². The lowest BCUT2D eigenvalue weighted by atomic mass is 9.90. The van der Waals surface area contributed by atoms with Gasteiger partial charge in [0.05, 0.1) is 25.3 Å². The number of allylic oxidation sites excluding steroid dienone is 2. The first-order valence-corrected chi connectivity index (χ1v) is 24.5. The highest BCUT2D eigenvalue weighted by molar-refractivity contribution is 6.08. The molecule has 0 radical (unpaired) electrons. The molecule has 0 aliphatic carbocycles. The molecule has 392 valence electrons. The number of para-hydroxylation sites is 2. The molecule has 0 fully saturated rings. The van der Waals surface area contributed by atoms with E-state index in [1.807, 2.05) is 173 Å². The van der Waals surface area contributed by atoms with Gasteiger partial charge in [-0.15, -0.1) is 0 Å². The molecule has 0 aliphatic rings. The summed E-state index contributed by atoms with van der Waals surface area (Å²) in [6.45, 7) is 30.8. The summed E-state index contributed by atoms with van der Waals surface area (Å²) in [5.74, 6) is 1.62. The Balaban J connectivity index is 0.000000461. The van der Waals surface area contributed by atoms with Crippen LogP contribution in [-0.4, -0.2) is 49.9 Å². The molecule has 0 atom stereocenters. The number of aryl methyl sites for hydroxylation is 8. The molecule has 0 heterocycles. The minimum atomic E-state index is -0.292. The molecular formula is C66H80O8. The Morgan fingerprint density at radius 2 is 0.811 bits per heavy atom. The van der Waals surface area contributed by atoms with E-state index in [1.54, 1.807) is 57.6 Å². The van der Waals surface area contributed by atoms with E-state index >= 15 is 0 Å². The fourth-order valence-corrected chi connectivity index (χ4v) is 6.77. The van der Waals surface area contributed by atoms with Crippen molar-refractivity contribution in [2.45, 2.75) is 111 Å². The lowest BCUT2D eigenvalue weighted by Crippen LogP contribution is -2.17. The van der Waals surface area contributed by atoms with Gasteiger partial charge in [-0.05, 0) is 150 Å². The second-order valence-corrected chi connectivity index (χ2v) is 20.0. The fraction of sp³-hybridized carbons (Fsp3) is 0.303. The first kappa shape index (κ1) is 64.4. The zero-order chi connectivity index (χ0) is 56.3. The Bertz CT molecular complexity index is 2830. The SMILES string of the molecule is CC(=O)C(C)(C)C.COc1ccccc1C(=O)/C=C/c1c(C)cc(C)cc1C.COc1ccccc1C(C)=O.Cc1cc(C)c(C=O)c(C)c1.Cc1ccccc1/C=C/C(=O)C(C)(C)C.Cc1ccccc1C=O. The minimum Gasteiger partial charge on any atom is -0.496 e. The summed E-state index contributed by atoms with van der Waals surface area (Å²) in [5, 5.41) is 0. The van der Waals surface area contributed by atoms with Gasteiger partial charge in [0, 0.05) is 22.0 Å². The lowest BCUT2D eigenvalue weighted by Gasteiger charge is -2.13. The van der Waals surface area contributed by atoms with Gasteiger partial charge >= 0.3 is 0 Å². The number of rotatable bonds is 10. The molecular weight excluding hydrogens is 921 g/mol. The van der Waals surface area contributed by atoms with Gasteiger partial charge in [0.25, 0.3) is 0 Å². The monoisotopic (exact) mass is 1000 g/mol. The minimum absolute atomic E-state index is 0.0300. The van der Waals surface area contributed by atoms with Crippen molar-refractivity contribution in [3.8, 4) is 11.5 Å². The molecule has 0 saturated carbocycles. The van der Waals surface area contributed by atoms with Crippen molar-refractivity contribution in [2.75, 3.05) is 14.2 Å². The predicted octanol–water partition coefficient (Wildman–Crippen LogP) is 15.9. The van der Waals surface area contributed by atoms with E-state index in [0.29, 0.717) is 22.6 Å². The third kappa shape index (κ3) is 22.9. The zero-order valence-electron chi connectivity index (χ0n) is 47.3. The van der Waals surface area contributed by atoms with Gasteiger partial charge < -0.3 is 9.47 Å². The van der Waals surface area contributed by atoms with Crippen molar-refractivity contribution in [1.82, 2.24) is 0 Å². The second-order valence-electron chi connectivity index (χ2n) is 20.0. The highest BCUT2D eigenvalue weighted by Gasteiger charge is 2.18. The molecule has 0 spiro atoms. The molecule has 6 aromatic carbocycles. The number of carbonyl (C=O) groups is 6. The van der Waals surface area contributed by atoms with Crippen molar-refractivity contribution in [3.63, 3.8) is 0 Å². The molecule has 0 unspecified atom stereocenters. The van der Waals surface area contributed by atoms with E-state index in [0.717, 1.165) is 51.5 Å². The first-order valence-electron chi connectivity index (χ1n) is 24.5. The fourth-order valence-electron chi connectivity index (χ4n) is 6.77. The van der Waals surface area contributed by atoms with Crippen molar-refractivity contribution in [2.24, 2.45) is 10.8 Å². The summed E-state index contributed by atoms with van der Waals surface area (Å²) in [5.41, 5.74) is 13.8. The summed E-state index contributed by atoms with van der Waals surface area (Å²) in [4.78, 5) is 66.2. The number of hydrogen-bond donors (Lipinski definition) is 0. The summed E-state index contributed by atoms with van der Waals surface area (Å²) in [7, 11) is 3.13. The van der Waals surface area contributed by atoms with Gasteiger partial charge in [-0.3, -0.25) is 28.8 Å². The Kier molecular flexibility index (Phi) is 27.7. The van der Waals surface area contributed by atoms with E-state index in [1.165, 1.54) is 34.7 Å². The molecule has 0 bridgehead atoms. The molecule has 0 aromatic heterocycles. The van der Waals surface area contributed by atoms with Crippen molar-refractivity contribution < 1.29 is 38.2 Å². The molecule has 0 N–H and O–H groups in total. The van der Waals surface area contributed by atoms with E-state index in [4.69, 9.17) is 9.47 Å². The molecule has 0 saturated heterocycles. The largest absolute Gasteiger partial charge is 0.496 e. The third-order valence-corrected chi connectivity index (χ3v) is 11.6. The lowest BCUT2D eigenvalue weighted by molar-refractivity contribution is -0.124.